The van der Waals surface area contributed by atoms with Crippen LogP contribution in [0.3, 0.4) is 0 Å². The van der Waals surface area contributed by atoms with Gasteiger partial charge >= 0.3 is 6.03 Å². The topological polar surface area (TPSA) is 67.4 Å². The number of carbonyl (C=O) groups excluding carboxylic acids is 2. The molecule has 0 unspecified atom stereocenters. The average Bonchev–Trinajstić information content (AvgIpc) is 2.50. The summed E-state index contributed by atoms with van der Waals surface area (Å²) in [5, 5.41) is 4.77. The van der Waals surface area contributed by atoms with Crippen LogP contribution in [0, 0.1) is 0 Å². The number of imide groups is 1. The molecule has 1 aromatic carbocycles. The van der Waals surface area contributed by atoms with Gasteiger partial charge in [0.2, 0.25) is 0 Å². The Morgan fingerprint density at radius 1 is 1.19 bits per heavy atom. The zero-order valence-electron chi connectivity index (χ0n) is 12.9. The predicted octanol–water partition coefficient (Wildman–Crippen LogP) is 2.81. The molecule has 116 valence electrons. The molecule has 0 saturated carbocycles. The molecule has 0 spiro atoms. The number of carbonyl (C=O) groups is 2. The second kappa shape index (κ2) is 9.00. The van der Waals surface area contributed by atoms with Crippen LogP contribution in [0.2, 0.25) is 0 Å². The molecule has 1 atom stereocenters. The van der Waals surface area contributed by atoms with Crippen molar-refractivity contribution in [3.8, 4) is 5.75 Å². The Labute approximate surface area is 126 Å². The van der Waals surface area contributed by atoms with Crippen molar-refractivity contribution in [3.63, 3.8) is 0 Å². The Balaban J connectivity index is 2.37. The fourth-order valence-electron chi connectivity index (χ4n) is 1.72. The third kappa shape index (κ3) is 6.29. The number of amides is 3. The van der Waals surface area contributed by atoms with Gasteiger partial charge in [0.1, 0.15) is 5.75 Å². The Morgan fingerprint density at radius 3 is 2.43 bits per heavy atom. The monoisotopic (exact) mass is 292 g/mol. The maximum absolute atomic E-state index is 11.5. The van der Waals surface area contributed by atoms with Crippen LogP contribution in [0.25, 0.3) is 0 Å². The molecule has 0 saturated heterocycles. The van der Waals surface area contributed by atoms with Crippen molar-refractivity contribution < 1.29 is 14.3 Å². The molecule has 0 bridgehead atoms. The van der Waals surface area contributed by atoms with Crippen LogP contribution in [0.5, 0.6) is 5.75 Å². The number of ether oxygens (including phenoxy) is 1. The lowest BCUT2D eigenvalue weighted by Gasteiger charge is -2.11. The zero-order valence-corrected chi connectivity index (χ0v) is 12.9. The molecular weight excluding hydrogens is 268 g/mol. The lowest BCUT2D eigenvalue weighted by Crippen LogP contribution is -2.41. The molecule has 0 aliphatic heterocycles. The van der Waals surface area contributed by atoms with Crippen LogP contribution >= 0.6 is 0 Å². The van der Waals surface area contributed by atoms with Gasteiger partial charge in [0, 0.05) is 6.54 Å². The molecule has 5 heteroatoms. The summed E-state index contributed by atoms with van der Waals surface area (Å²) in [5.41, 5.74) is 1.24. The van der Waals surface area contributed by atoms with E-state index in [0.29, 0.717) is 18.2 Å². The van der Waals surface area contributed by atoms with E-state index in [4.69, 9.17) is 4.74 Å². The summed E-state index contributed by atoms with van der Waals surface area (Å²) in [6.07, 6.45) is 1.90. The summed E-state index contributed by atoms with van der Waals surface area (Å²) in [6, 6.07) is 7.18. The van der Waals surface area contributed by atoms with Crippen molar-refractivity contribution >= 4 is 11.9 Å². The molecule has 0 heterocycles. The second-order valence-corrected chi connectivity index (χ2v) is 4.97. The highest BCUT2D eigenvalue weighted by Gasteiger charge is 2.08. The van der Waals surface area contributed by atoms with Gasteiger partial charge in [-0.1, -0.05) is 32.9 Å². The van der Waals surface area contributed by atoms with Gasteiger partial charge in [0.15, 0.2) is 6.61 Å². The normalized spacial score (nSPS) is 11.6. The predicted molar refractivity (Wildman–Crippen MR) is 82.5 cm³/mol. The molecule has 0 aliphatic rings. The quantitative estimate of drug-likeness (QED) is 0.812. The molecule has 1 aromatic rings. The fraction of sp³-hybridized carbons (Fsp3) is 0.500. The van der Waals surface area contributed by atoms with E-state index in [1.54, 1.807) is 0 Å². The number of hydrogen-bond donors (Lipinski definition) is 2. The number of rotatable bonds is 7. The van der Waals surface area contributed by atoms with Gasteiger partial charge in [-0.3, -0.25) is 10.1 Å². The van der Waals surface area contributed by atoms with Crippen molar-refractivity contribution in [1.82, 2.24) is 10.6 Å². The molecule has 3 amide bonds. The summed E-state index contributed by atoms with van der Waals surface area (Å²) < 4.78 is 5.35. The van der Waals surface area contributed by atoms with E-state index in [0.717, 1.165) is 12.8 Å². The lowest BCUT2D eigenvalue weighted by molar-refractivity contribution is -0.122. The van der Waals surface area contributed by atoms with Crippen molar-refractivity contribution in [3.05, 3.63) is 29.8 Å². The zero-order chi connectivity index (χ0) is 15.7. The summed E-state index contributed by atoms with van der Waals surface area (Å²) in [4.78, 5) is 22.8. The first kappa shape index (κ1) is 17.0. The van der Waals surface area contributed by atoms with E-state index in [2.05, 4.69) is 24.5 Å². The van der Waals surface area contributed by atoms with Gasteiger partial charge in [-0.2, -0.15) is 0 Å². The maximum atomic E-state index is 11.5. The third-order valence-electron chi connectivity index (χ3n) is 3.22. The fourth-order valence-corrected chi connectivity index (χ4v) is 1.72. The van der Waals surface area contributed by atoms with Gasteiger partial charge < -0.3 is 10.1 Å². The summed E-state index contributed by atoms with van der Waals surface area (Å²) >= 11 is 0. The van der Waals surface area contributed by atoms with Crippen molar-refractivity contribution in [2.75, 3.05) is 13.2 Å². The van der Waals surface area contributed by atoms with Gasteiger partial charge in [-0.15, -0.1) is 0 Å². The minimum atomic E-state index is -0.488. The second-order valence-electron chi connectivity index (χ2n) is 4.97. The molecular formula is C16H24N2O3. The number of nitrogens with one attached hydrogen (secondary N) is 2. The number of hydrogen-bond acceptors (Lipinski definition) is 3. The first-order valence-electron chi connectivity index (χ1n) is 7.37. The van der Waals surface area contributed by atoms with E-state index in [9.17, 15) is 9.59 Å². The lowest BCUT2D eigenvalue weighted by atomic mass is 9.99. The SMILES string of the molecule is CCCNC(=O)NC(=O)COc1ccc([C@H](C)CC)cc1. The standard InChI is InChI=1S/C16H24N2O3/c1-4-10-17-16(20)18-15(19)11-21-14-8-6-13(7-9-14)12(3)5-2/h6-9,12H,4-5,10-11H2,1-3H3,(H2,17,18,19,20)/t12-/m1/s1. The highest BCUT2D eigenvalue weighted by molar-refractivity contribution is 5.94. The van der Waals surface area contributed by atoms with Crippen LogP contribution in [0.1, 0.15) is 45.1 Å². The van der Waals surface area contributed by atoms with Crippen LogP contribution in [-0.2, 0) is 4.79 Å². The largest absolute Gasteiger partial charge is 0.484 e. The first-order chi connectivity index (χ1) is 10.1. The molecule has 0 aromatic heterocycles. The molecule has 21 heavy (non-hydrogen) atoms. The molecule has 2 N–H and O–H groups in total. The Hall–Kier alpha value is -2.04. The summed E-state index contributed by atoms with van der Waals surface area (Å²) in [5.74, 6) is 0.658. The Morgan fingerprint density at radius 2 is 1.86 bits per heavy atom. The maximum Gasteiger partial charge on any atom is 0.321 e. The highest BCUT2D eigenvalue weighted by Crippen LogP contribution is 2.21. The third-order valence-corrected chi connectivity index (χ3v) is 3.22. The molecule has 0 fully saturated rings. The molecule has 0 radical (unpaired) electrons. The molecule has 1 rings (SSSR count). The smallest absolute Gasteiger partial charge is 0.321 e. The van der Waals surface area contributed by atoms with Gasteiger partial charge in [-0.05, 0) is 36.5 Å². The summed E-state index contributed by atoms with van der Waals surface area (Å²) in [7, 11) is 0. The summed E-state index contributed by atoms with van der Waals surface area (Å²) in [6.45, 7) is 6.61. The van der Waals surface area contributed by atoms with E-state index >= 15 is 0 Å². The molecule has 5 nitrogen and oxygen atoms in total. The van der Waals surface area contributed by atoms with Crippen molar-refractivity contribution in [2.45, 2.75) is 39.5 Å². The number of urea groups is 1. The average molecular weight is 292 g/mol. The van der Waals surface area contributed by atoms with Crippen molar-refractivity contribution in [1.29, 1.82) is 0 Å². The number of benzene rings is 1. The highest BCUT2D eigenvalue weighted by atomic mass is 16.5. The van der Waals surface area contributed by atoms with Gasteiger partial charge in [-0.25, -0.2) is 4.79 Å². The van der Waals surface area contributed by atoms with E-state index in [1.165, 1.54) is 5.56 Å². The minimum Gasteiger partial charge on any atom is -0.484 e. The Kier molecular flexibility index (Phi) is 7.29. The van der Waals surface area contributed by atoms with Crippen LogP contribution in [0.15, 0.2) is 24.3 Å². The van der Waals surface area contributed by atoms with Gasteiger partial charge in [0.05, 0.1) is 0 Å². The minimum absolute atomic E-state index is 0.178. The molecule has 0 aliphatic carbocycles. The van der Waals surface area contributed by atoms with E-state index in [-0.39, 0.29) is 6.61 Å². The first-order valence-corrected chi connectivity index (χ1v) is 7.37. The van der Waals surface area contributed by atoms with Crippen LogP contribution in [0.4, 0.5) is 4.79 Å². The van der Waals surface area contributed by atoms with Gasteiger partial charge in [0.25, 0.3) is 5.91 Å². The van der Waals surface area contributed by atoms with Crippen LogP contribution < -0.4 is 15.4 Å². The van der Waals surface area contributed by atoms with E-state index in [1.807, 2.05) is 31.2 Å². The Bertz CT molecular complexity index is 457. The van der Waals surface area contributed by atoms with Crippen molar-refractivity contribution in [2.24, 2.45) is 0 Å². The van der Waals surface area contributed by atoms with Crippen LogP contribution in [-0.4, -0.2) is 25.1 Å². The van der Waals surface area contributed by atoms with E-state index < -0.39 is 11.9 Å².